The van der Waals surface area contributed by atoms with Crippen molar-refractivity contribution in [3.63, 3.8) is 0 Å². The van der Waals surface area contributed by atoms with Gasteiger partial charge in [-0.3, -0.25) is 0 Å². The zero-order valence-electron chi connectivity index (χ0n) is 6.52. The van der Waals surface area contributed by atoms with Crippen molar-refractivity contribution in [2.45, 2.75) is 13.8 Å². The van der Waals surface area contributed by atoms with E-state index in [9.17, 15) is 0 Å². The van der Waals surface area contributed by atoms with Crippen LogP contribution in [0.2, 0.25) is 0 Å². The van der Waals surface area contributed by atoms with Crippen LogP contribution in [-0.4, -0.2) is 0 Å². The van der Waals surface area contributed by atoms with Gasteiger partial charge in [0.1, 0.15) is 0 Å². The van der Waals surface area contributed by atoms with Crippen LogP contribution in [-0.2, 0) is 0 Å². The lowest BCUT2D eigenvalue weighted by Crippen LogP contribution is -2.10. The minimum absolute atomic E-state index is 0.407. The van der Waals surface area contributed by atoms with Crippen LogP contribution in [0.15, 0.2) is 35.6 Å². The third kappa shape index (κ3) is 1.13. The molecule has 1 aliphatic carbocycles. The average molecular weight is 135 g/mol. The van der Waals surface area contributed by atoms with Gasteiger partial charge in [-0.25, -0.2) is 0 Å². The molecule has 0 fully saturated rings. The first-order chi connectivity index (χ1) is 4.61. The van der Waals surface area contributed by atoms with E-state index in [1.54, 1.807) is 0 Å². The maximum absolute atomic E-state index is 5.68. The van der Waals surface area contributed by atoms with Crippen LogP contribution in [0.3, 0.4) is 0 Å². The van der Waals surface area contributed by atoms with Crippen LogP contribution >= 0.6 is 0 Å². The predicted octanol–water partition coefficient (Wildman–Crippen LogP) is 1.98. The molecule has 1 heteroatoms. The Balaban J connectivity index is 2.95. The maximum atomic E-state index is 5.68. The summed E-state index contributed by atoms with van der Waals surface area (Å²) in [5, 5.41) is 0. The van der Waals surface area contributed by atoms with E-state index in [1.807, 2.05) is 6.08 Å². The Kier molecular flexibility index (Phi) is 1.66. The monoisotopic (exact) mass is 135 g/mol. The Morgan fingerprint density at radius 2 is 2.20 bits per heavy atom. The highest BCUT2D eigenvalue weighted by atomic mass is 14.6. The zero-order valence-corrected chi connectivity index (χ0v) is 6.52. The van der Waals surface area contributed by atoms with E-state index in [4.69, 9.17) is 5.73 Å². The normalized spacial score (nSPS) is 25.8. The summed E-state index contributed by atoms with van der Waals surface area (Å²) >= 11 is 0. The molecule has 1 rings (SSSR count). The van der Waals surface area contributed by atoms with Gasteiger partial charge in [0.15, 0.2) is 0 Å². The average Bonchev–Trinajstić information content (AvgIpc) is 1.82. The van der Waals surface area contributed by atoms with Crippen LogP contribution in [0.25, 0.3) is 0 Å². The van der Waals surface area contributed by atoms with Crippen molar-refractivity contribution in [2.24, 2.45) is 11.7 Å². The molecule has 0 saturated carbocycles. The Hall–Kier alpha value is -0.980. The van der Waals surface area contributed by atoms with E-state index in [-0.39, 0.29) is 0 Å². The van der Waals surface area contributed by atoms with E-state index < -0.39 is 0 Å². The standard InChI is InChI=1S/C9H13N/c1-6-4-7(2)8(3)9(10)5-6/h4-5,7H,3,10H2,1-2H3. The first-order valence-corrected chi connectivity index (χ1v) is 3.46. The highest BCUT2D eigenvalue weighted by Crippen LogP contribution is 2.23. The molecule has 0 aromatic rings. The molecule has 0 bridgehead atoms. The van der Waals surface area contributed by atoms with Crippen LogP contribution in [0.1, 0.15) is 13.8 Å². The van der Waals surface area contributed by atoms with Crippen LogP contribution in [0.4, 0.5) is 0 Å². The van der Waals surface area contributed by atoms with Gasteiger partial charge in [-0.05, 0) is 18.6 Å². The summed E-state index contributed by atoms with van der Waals surface area (Å²) < 4.78 is 0. The summed E-state index contributed by atoms with van der Waals surface area (Å²) in [6.07, 6.45) is 4.13. The van der Waals surface area contributed by atoms with Gasteiger partial charge in [0.25, 0.3) is 0 Å². The molecule has 0 heterocycles. The van der Waals surface area contributed by atoms with Gasteiger partial charge in [-0.2, -0.15) is 0 Å². The maximum Gasteiger partial charge on any atom is 0.0349 e. The molecule has 1 nitrogen and oxygen atoms in total. The molecule has 0 saturated heterocycles. The second-order valence-corrected chi connectivity index (χ2v) is 2.82. The fourth-order valence-electron chi connectivity index (χ4n) is 1.14. The minimum Gasteiger partial charge on any atom is -0.398 e. The van der Waals surface area contributed by atoms with Crippen molar-refractivity contribution in [3.8, 4) is 0 Å². The quantitative estimate of drug-likeness (QED) is 0.540. The van der Waals surface area contributed by atoms with E-state index in [0.29, 0.717) is 5.92 Å². The molecule has 2 N–H and O–H groups in total. The molecule has 0 radical (unpaired) electrons. The Labute approximate surface area is 61.9 Å². The first kappa shape index (κ1) is 7.13. The van der Waals surface area contributed by atoms with Crippen molar-refractivity contribution < 1.29 is 0 Å². The summed E-state index contributed by atoms with van der Waals surface area (Å²) in [7, 11) is 0. The summed E-state index contributed by atoms with van der Waals surface area (Å²) in [6.45, 7) is 8.03. The number of nitrogens with two attached hydrogens (primary N) is 1. The highest BCUT2D eigenvalue weighted by molar-refractivity contribution is 5.41. The van der Waals surface area contributed by atoms with E-state index >= 15 is 0 Å². The van der Waals surface area contributed by atoms with Gasteiger partial charge in [-0.15, -0.1) is 0 Å². The topological polar surface area (TPSA) is 26.0 Å². The number of hydrogen-bond acceptors (Lipinski definition) is 1. The number of rotatable bonds is 0. The van der Waals surface area contributed by atoms with Gasteiger partial charge in [0, 0.05) is 11.6 Å². The molecule has 0 aliphatic heterocycles. The molecule has 1 aliphatic rings. The largest absolute Gasteiger partial charge is 0.398 e. The fourth-order valence-corrected chi connectivity index (χ4v) is 1.14. The molecule has 0 spiro atoms. The summed E-state index contributed by atoms with van der Waals surface area (Å²) in [6, 6.07) is 0. The van der Waals surface area contributed by atoms with Gasteiger partial charge in [0.2, 0.25) is 0 Å². The molecule has 1 atom stereocenters. The third-order valence-corrected chi connectivity index (χ3v) is 1.82. The van der Waals surface area contributed by atoms with Crippen molar-refractivity contribution in [1.82, 2.24) is 0 Å². The SMILES string of the molecule is C=C1C(N)=CC(C)=CC1C. The van der Waals surface area contributed by atoms with Crippen molar-refractivity contribution in [3.05, 3.63) is 35.6 Å². The Morgan fingerprint density at radius 1 is 1.60 bits per heavy atom. The summed E-state index contributed by atoms with van der Waals surface area (Å²) in [5.74, 6) is 0.407. The molecule has 0 aromatic heterocycles. The zero-order chi connectivity index (χ0) is 7.72. The smallest absolute Gasteiger partial charge is 0.0349 e. The van der Waals surface area contributed by atoms with Crippen LogP contribution in [0.5, 0.6) is 0 Å². The lowest BCUT2D eigenvalue weighted by Gasteiger charge is -2.16. The second-order valence-electron chi connectivity index (χ2n) is 2.82. The molecule has 10 heavy (non-hydrogen) atoms. The van der Waals surface area contributed by atoms with Crippen molar-refractivity contribution >= 4 is 0 Å². The molecular weight excluding hydrogens is 122 g/mol. The van der Waals surface area contributed by atoms with Crippen LogP contribution < -0.4 is 5.73 Å². The molecule has 0 aromatic carbocycles. The van der Waals surface area contributed by atoms with Gasteiger partial charge < -0.3 is 5.73 Å². The lowest BCUT2D eigenvalue weighted by atomic mass is 9.92. The first-order valence-electron chi connectivity index (χ1n) is 3.46. The fraction of sp³-hybridized carbons (Fsp3) is 0.333. The molecule has 1 unspecified atom stereocenters. The third-order valence-electron chi connectivity index (χ3n) is 1.82. The van der Waals surface area contributed by atoms with E-state index in [0.717, 1.165) is 11.3 Å². The highest BCUT2D eigenvalue weighted by Gasteiger charge is 2.10. The Morgan fingerprint density at radius 3 is 2.70 bits per heavy atom. The van der Waals surface area contributed by atoms with Crippen molar-refractivity contribution in [1.29, 1.82) is 0 Å². The van der Waals surface area contributed by atoms with Crippen molar-refractivity contribution in [2.75, 3.05) is 0 Å². The van der Waals surface area contributed by atoms with Crippen LogP contribution in [0, 0.1) is 5.92 Å². The van der Waals surface area contributed by atoms with Gasteiger partial charge in [0.05, 0.1) is 0 Å². The Bertz CT molecular complexity index is 221. The summed E-state index contributed by atoms with van der Waals surface area (Å²) in [5.41, 5.74) is 8.77. The van der Waals surface area contributed by atoms with Gasteiger partial charge >= 0.3 is 0 Å². The van der Waals surface area contributed by atoms with E-state index in [1.165, 1.54) is 5.57 Å². The summed E-state index contributed by atoms with van der Waals surface area (Å²) in [4.78, 5) is 0. The molecular formula is C9H13N. The number of hydrogen-bond donors (Lipinski definition) is 1. The second kappa shape index (κ2) is 2.33. The lowest BCUT2D eigenvalue weighted by molar-refractivity contribution is 0.850. The molecule has 54 valence electrons. The van der Waals surface area contributed by atoms with E-state index in [2.05, 4.69) is 26.5 Å². The molecule has 0 amide bonds. The number of allylic oxidation sites excluding steroid dienone is 4. The minimum atomic E-state index is 0.407. The predicted molar refractivity (Wildman–Crippen MR) is 44.3 cm³/mol. The van der Waals surface area contributed by atoms with Gasteiger partial charge in [-0.1, -0.05) is 25.2 Å².